The first kappa shape index (κ1) is 13.8. The van der Waals surface area contributed by atoms with E-state index in [9.17, 15) is 4.79 Å². The molecule has 1 aromatic carbocycles. The van der Waals surface area contributed by atoms with Gasteiger partial charge in [-0.05, 0) is 49.6 Å². The summed E-state index contributed by atoms with van der Waals surface area (Å²) in [4.78, 5) is 16.2. The topological polar surface area (TPSA) is 71.8 Å². The second-order valence-electron chi connectivity index (χ2n) is 5.43. The zero-order valence-corrected chi connectivity index (χ0v) is 12.0. The smallest absolute Gasteiger partial charge is 0.241 e. The van der Waals surface area contributed by atoms with Gasteiger partial charge >= 0.3 is 0 Å². The van der Waals surface area contributed by atoms with E-state index in [2.05, 4.69) is 27.6 Å². The third-order valence-corrected chi connectivity index (χ3v) is 3.87. The molecule has 0 radical (unpaired) electrons. The Labute approximate surface area is 123 Å². The zero-order valence-electron chi connectivity index (χ0n) is 12.0. The third kappa shape index (κ3) is 3.11. The molecular weight excluding hydrogens is 266 g/mol. The molecule has 1 aromatic heterocycles. The fourth-order valence-corrected chi connectivity index (χ4v) is 2.66. The average molecular weight is 285 g/mol. The van der Waals surface area contributed by atoms with Crippen molar-refractivity contribution in [3.8, 4) is 5.69 Å². The largest absolute Gasteiger partial charge is 0.325 e. The lowest BCUT2D eigenvalue weighted by atomic mass is 9.92. The number of nitrogens with zero attached hydrogens (tertiary/aromatic N) is 3. The number of anilines is 1. The molecule has 1 fully saturated rings. The van der Waals surface area contributed by atoms with E-state index in [1.807, 2.05) is 24.3 Å². The Kier molecular flexibility index (Phi) is 3.96. The van der Waals surface area contributed by atoms with Crippen LogP contribution < -0.4 is 10.6 Å². The third-order valence-electron chi connectivity index (χ3n) is 3.87. The highest BCUT2D eigenvalue weighted by Crippen LogP contribution is 2.18. The van der Waals surface area contributed by atoms with Gasteiger partial charge in [0.1, 0.15) is 12.7 Å². The van der Waals surface area contributed by atoms with Gasteiger partial charge < -0.3 is 10.6 Å². The Morgan fingerprint density at radius 1 is 1.38 bits per heavy atom. The van der Waals surface area contributed by atoms with E-state index >= 15 is 0 Å². The number of carbonyl (C=O) groups is 1. The fourth-order valence-electron chi connectivity index (χ4n) is 2.66. The number of benzene rings is 1. The van der Waals surface area contributed by atoms with Crippen molar-refractivity contribution in [2.24, 2.45) is 5.92 Å². The first-order valence-corrected chi connectivity index (χ1v) is 7.23. The number of nitrogens with one attached hydrogen (secondary N) is 2. The summed E-state index contributed by atoms with van der Waals surface area (Å²) in [5.74, 6) is 0.406. The Morgan fingerprint density at radius 2 is 2.19 bits per heavy atom. The molecule has 0 bridgehead atoms. The molecule has 1 saturated heterocycles. The molecule has 0 spiro atoms. The lowest BCUT2D eigenvalue weighted by molar-refractivity contribution is -0.119. The maximum atomic E-state index is 12.3. The van der Waals surface area contributed by atoms with Crippen LogP contribution in [-0.4, -0.2) is 33.3 Å². The molecule has 110 valence electrons. The summed E-state index contributed by atoms with van der Waals surface area (Å²) >= 11 is 0. The number of carbonyl (C=O) groups excluding carboxylic acids is 1. The van der Waals surface area contributed by atoms with Gasteiger partial charge in [0.2, 0.25) is 5.91 Å². The molecule has 0 saturated carbocycles. The number of aromatic nitrogens is 3. The van der Waals surface area contributed by atoms with Gasteiger partial charge in [0, 0.05) is 5.69 Å². The van der Waals surface area contributed by atoms with E-state index in [4.69, 9.17) is 0 Å². The van der Waals surface area contributed by atoms with Crippen LogP contribution >= 0.6 is 0 Å². The van der Waals surface area contributed by atoms with E-state index in [0.29, 0.717) is 5.92 Å². The summed E-state index contributed by atoms with van der Waals surface area (Å²) in [5.41, 5.74) is 1.71. The summed E-state index contributed by atoms with van der Waals surface area (Å²) in [6, 6.07) is 7.46. The van der Waals surface area contributed by atoms with Crippen LogP contribution in [0.4, 0.5) is 5.69 Å². The summed E-state index contributed by atoms with van der Waals surface area (Å²) in [7, 11) is 0. The molecule has 2 N–H and O–H groups in total. The second kappa shape index (κ2) is 6.05. The van der Waals surface area contributed by atoms with Crippen LogP contribution in [0.3, 0.4) is 0 Å². The minimum absolute atomic E-state index is 0.0377. The van der Waals surface area contributed by atoms with Gasteiger partial charge in [0.25, 0.3) is 0 Å². The van der Waals surface area contributed by atoms with Crippen molar-refractivity contribution in [2.75, 3.05) is 11.9 Å². The van der Waals surface area contributed by atoms with Gasteiger partial charge in [-0.1, -0.05) is 6.92 Å². The number of piperidine rings is 1. The molecule has 2 atom stereocenters. The van der Waals surface area contributed by atoms with Crippen LogP contribution in [0.5, 0.6) is 0 Å². The molecule has 6 nitrogen and oxygen atoms in total. The SMILES string of the molecule is CC1CCCNC1C(=O)Nc1ccc(-n2cncn2)cc1. The summed E-state index contributed by atoms with van der Waals surface area (Å²) in [6.07, 6.45) is 5.36. The molecule has 0 aliphatic carbocycles. The van der Waals surface area contributed by atoms with Crippen LogP contribution in [0.2, 0.25) is 0 Å². The van der Waals surface area contributed by atoms with E-state index in [1.54, 1.807) is 11.0 Å². The van der Waals surface area contributed by atoms with E-state index in [-0.39, 0.29) is 11.9 Å². The van der Waals surface area contributed by atoms with Crippen LogP contribution in [0.1, 0.15) is 19.8 Å². The number of amides is 1. The Balaban J connectivity index is 1.66. The molecule has 3 rings (SSSR count). The molecule has 2 heterocycles. The minimum Gasteiger partial charge on any atom is -0.325 e. The summed E-state index contributed by atoms with van der Waals surface area (Å²) in [6.45, 7) is 3.03. The maximum Gasteiger partial charge on any atom is 0.241 e. The predicted molar refractivity (Wildman–Crippen MR) is 80.2 cm³/mol. The molecule has 1 aliphatic heterocycles. The zero-order chi connectivity index (χ0) is 14.7. The highest BCUT2D eigenvalue weighted by Gasteiger charge is 2.27. The van der Waals surface area contributed by atoms with E-state index in [0.717, 1.165) is 30.8 Å². The standard InChI is InChI=1S/C15H19N5O/c1-11-3-2-8-17-14(11)15(21)19-12-4-6-13(7-5-12)20-10-16-9-18-20/h4-7,9-11,14,17H,2-3,8H2,1H3,(H,19,21). The Hall–Kier alpha value is -2.21. The first-order chi connectivity index (χ1) is 10.2. The van der Waals surface area contributed by atoms with Crippen molar-refractivity contribution in [3.05, 3.63) is 36.9 Å². The first-order valence-electron chi connectivity index (χ1n) is 7.23. The molecule has 1 aliphatic rings. The van der Waals surface area contributed by atoms with Crippen molar-refractivity contribution in [1.29, 1.82) is 0 Å². The van der Waals surface area contributed by atoms with Crippen molar-refractivity contribution in [2.45, 2.75) is 25.8 Å². The highest BCUT2D eigenvalue weighted by molar-refractivity contribution is 5.95. The van der Waals surface area contributed by atoms with Crippen LogP contribution in [-0.2, 0) is 4.79 Å². The quantitative estimate of drug-likeness (QED) is 0.898. The van der Waals surface area contributed by atoms with E-state index < -0.39 is 0 Å². The van der Waals surface area contributed by atoms with Crippen molar-refractivity contribution in [1.82, 2.24) is 20.1 Å². The fraction of sp³-hybridized carbons (Fsp3) is 0.400. The monoisotopic (exact) mass is 285 g/mol. The van der Waals surface area contributed by atoms with E-state index in [1.165, 1.54) is 6.33 Å². The van der Waals surface area contributed by atoms with Crippen LogP contribution in [0, 0.1) is 5.92 Å². The predicted octanol–water partition coefficient (Wildman–Crippen LogP) is 1.59. The lowest BCUT2D eigenvalue weighted by Gasteiger charge is -2.28. The van der Waals surface area contributed by atoms with Gasteiger partial charge in [-0.15, -0.1) is 0 Å². The Bertz CT molecular complexity index is 593. The van der Waals surface area contributed by atoms with Crippen LogP contribution in [0.15, 0.2) is 36.9 Å². The van der Waals surface area contributed by atoms with Gasteiger partial charge in [0.05, 0.1) is 11.7 Å². The average Bonchev–Trinajstić information content (AvgIpc) is 3.02. The summed E-state index contributed by atoms with van der Waals surface area (Å²) < 4.78 is 1.68. The molecule has 2 aromatic rings. The van der Waals surface area contributed by atoms with Crippen molar-refractivity contribution >= 4 is 11.6 Å². The summed E-state index contributed by atoms with van der Waals surface area (Å²) in [5, 5.41) is 10.3. The Morgan fingerprint density at radius 3 is 2.86 bits per heavy atom. The van der Waals surface area contributed by atoms with Gasteiger partial charge in [-0.25, -0.2) is 9.67 Å². The lowest BCUT2D eigenvalue weighted by Crippen LogP contribution is -2.48. The van der Waals surface area contributed by atoms with Crippen molar-refractivity contribution in [3.63, 3.8) is 0 Å². The normalized spacial score (nSPS) is 22.0. The maximum absolute atomic E-state index is 12.3. The van der Waals surface area contributed by atoms with Gasteiger partial charge in [-0.3, -0.25) is 4.79 Å². The highest BCUT2D eigenvalue weighted by atomic mass is 16.2. The molecule has 2 unspecified atom stereocenters. The minimum atomic E-state index is -0.103. The number of rotatable bonds is 3. The molecular formula is C15H19N5O. The van der Waals surface area contributed by atoms with Gasteiger partial charge in [0.15, 0.2) is 0 Å². The molecule has 1 amide bonds. The number of hydrogen-bond acceptors (Lipinski definition) is 4. The van der Waals surface area contributed by atoms with Crippen molar-refractivity contribution < 1.29 is 4.79 Å². The number of hydrogen-bond donors (Lipinski definition) is 2. The van der Waals surface area contributed by atoms with Crippen LogP contribution in [0.25, 0.3) is 5.69 Å². The second-order valence-corrected chi connectivity index (χ2v) is 5.43. The van der Waals surface area contributed by atoms with Gasteiger partial charge in [-0.2, -0.15) is 5.10 Å². The molecule has 6 heteroatoms. The molecule has 21 heavy (non-hydrogen) atoms.